The second kappa shape index (κ2) is 6.22. The van der Waals surface area contributed by atoms with E-state index in [-0.39, 0.29) is 12.4 Å². The lowest BCUT2D eigenvalue weighted by Gasteiger charge is -2.14. The van der Waals surface area contributed by atoms with E-state index >= 15 is 0 Å². The van der Waals surface area contributed by atoms with E-state index in [9.17, 15) is 9.59 Å². The molecule has 16 heavy (non-hydrogen) atoms. The summed E-state index contributed by atoms with van der Waals surface area (Å²) in [4.78, 5) is 22.3. The molecule has 0 aromatic rings. The molecule has 1 saturated carbocycles. The van der Waals surface area contributed by atoms with E-state index in [4.69, 9.17) is 15.3 Å². The van der Waals surface area contributed by atoms with E-state index in [0.717, 1.165) is 0 Å². The van der Waals surface area contributed by atoms with Gasteiger partial charge in [0.15, 0.2) is 0 Å². The molecule has 3 N–H and O–H groups in total. The van der Waals surface area contributed by atoms with Gasteiger partial charge in [-0.05, 0) is 6.42 Å². The zero-order valence-corrected chi connectivity index (χ0v) is 9.65. The van der Waals surface area contributed by atoms with Gasteiger partial charge in [0.25, 0.3) is 0 Å². The molecule has 1 rings (SSSR count). The molecule has 0 radical (unpaired) electrons. The van der Waals surface area contributed by atoms with Crippen LogP contribution in [0.1, 0.15) is 12.8 Å². The molecule has 3 atom stereocenters. The van der Waals surface area contributed by atoms with E-state index in [1.165, 1.54) is 11.8 Å². The van der Waals surface area contributed by atoms with Crippen LogP contribution >= 0.6 is 11.8 Å². The second-order valence-corrected chi connectivity index (χ2v) is 5.00. The molecule has 0 saturated heterocycles. The molecule has 1 unspecified atom stereocenters. The fourth-order valence-corrected chi connectivity index (χ4v) is 2.98. The van der Waals surface area contributed by atoms with E-state index in [0.29, 0.717) is 24.3 Å². The third kappa shape index (κ3) is 3.47. The zero-order valence-electron chi connectivity index (χ0n) is 8.83. The summed E-state index contributed by atoms with van der Waals surface area (Å²) in [5, 5.41) is 26.6. The van der Waals surface area contributed by atoms with Crippen LogP contribution in [0.3, 0.4) is 0 Å². The fraction of sp³-hybridized carbons (Fsp3) is 0.800. The summed E-state index contributed by atoms with van der Waals surface area (Å²) < 4.78 is 0. The van der Waals surface area contributed by atoms with Crippen LogP contribution in [0.5, 0.6) is 0 Å². The summed E-state index contributed by atoms with van der Waals surface area (Å²) in [6.45, 7) is -0.312. The first-order valence-electron chi connectivity index (χ1n) is 5.18. The summed E-state index contributed by atoms with van der Waals surface area (Å²) >= 11 is 1.31. The van der Waals surface area contributed by atoms with Crippen molar-refractivity contribution in [3.05, 3.63) is 0 Å². The van der Waals surface area contributed by atoms with Crippen LogP contribution in [0.2, 0.25) is 0 Å². The van der Waals surface area contributed by atoms with Crippen LogP contribution in [0.25, 0.3) is 0 Å². The summed E-state index contributed by atoms with van der Waals surface area (Å²) in [7, 11) is 0. The molecule has 1 fully saturated rings. The molecule has 0 aromatic heterocycles. The number of aliphatic carboxylic acids is 1. The third-order valence-corrected chi connectivity index (χ3v) is 3.95. The second-order valence-electron chi connectivity index (χ2n) is 3.93. The predicted molar refractivity (Wildman–Crippen MR) is 59.3 cm³/mol. The Morgan fingerprint density at radius 1 is 1.56 bits per heavy atom. The SMILES string of the molecule is O=C1CC[C@@H](C(=O)O)[C@@H]1CSCC(O)CO. The van der Waals surface area contributed by atoms with Crippen molar-refractivity contribution >= 4 is 23.5 Å². The predicted octanol–water partition coefficient (Wildman–Crippen LogP) is -0.247. The van der Waals surface area contributed by atoms with Crippen LogP contribution in [0.4, 0.5) is 0 Å². The number of hydrogen-bond acceptors (Lipinski definition) is 5. The van der Waals surface area contributed by atoms with Crippen LogP contribution in [-0.2, 0) is 9.59 Å². The molecule has 0 aliphatic heterocycles. The van der Waals surface area contributed by atoms with E-state index in [1.807, 2.05) is 0 Å². The molecule has 0 heterocycles. The van der Waals surface area contributed by atoms with Gasteiger partial charge in [-0.25, -0.2) is 0 Å². The lowest BCUT2D eigenvalue weighted by Crippen LogP contribution is -2.25. The van der Waals surface area contributed by atoms with Crippen LogP contribution in [0.15, 0.2) is 0 Å². The lowest BCUT2D eigenvalue weighted by molar-refractivity contribution is -0.143. The van der Waals surface area contributed by atoms with Crippen molar-refractivity contribution in [1.82, 2.24) is 0 Å². The Morgan fingerprint density at radius 3 is 2.81 bits per heavy atom. The third-order valence-electron chi connectivity index (χ3n) is 2.74. The number of ketones is 1. The Bertz CT molecular complexity index is 268. The van der Waals surface area contributed by atoms with Gasteiger partial charge in [-0.3, -0.25) is 9.59 Å². The maximum absolute atomic E-state index is 11.4. The molecule has 1 aliphatic carbocycles. The van der Waals surface area contributed by atoms with E-state index in [2.05, 4.69) is 0 Å². The average molecular weight is 248 g/mol. The quantitative estimate of drug-likeness (QED) is 0.600. The Hall–Kier alpha value is -0.590. The number of carbonyl (C=O) groups excluding carboxylic acids is 1. The number of Topliss-reactive ketones (excluding diaryl/α,β-unsaturated/α-hetero) is 1. The minimum atomic E-state index is -0.917. The van der Waals surface area contributed by atoms with Crippen LogP contribution in [0, 0.1) is 11.8 Å². The highest BCUT2D eigenvalue weighted by Crippen LogP contribution is 2.31. The summed E-state index contributed by atoms with van der Waals surface area (Å²) in [5.74, 6) is -1.20. The first-order valence-corrected chi connectivity index (χ1v) is 6.34. The van der Waals surface area contributed by atoms with Crippen molar-refractivity contribution in [2.24, 2.45) is 11.8 Å². The first kappa shape index (κ1) is 13.5. The van der Waals surface area contributed by atoms with Gasteiger partial charge in [-0.15, -0.1) is 0 Å². The fourth-order valence-electron chi connectivity index (χ4n) is 1.80. The summed E-state index contributed by atoms with van der Waals surface area (Å²) in [5.41, 5.74) is 0. The van der Waals surface area contributed by atoms with Crippen molar-refractivity contribution in [3.63, 3.8) is 0 Å². The molecule has 1 aliphatic rings. The van der Waals surface area contributed by atoms with Crippen LogP contribution < -0.4 is 0 Å². The minimum absolute atomic E-state index is 0.00149. The van der Waals surface area contributed by atoms with Gasteiger partial charge in [-0.1, -0.05) is 0 Å². The van der Waals surface area contributed by atoms with Gasteiger partial charge in [0.05, 0.1) is 18.6 Å². The largest absolute Gasteiger partial charge is 0.481 e. The number of aliphatic hydroxyl groups excluding tert-OH is 2. The monoisotopic (exact) mass is 248 g/mol. The Morgan fingerprint density at radius 2 is 2.25 bits per heavy atom. The Balaban J connectivity index is 2.39. The number of thioether (sulfide) groups is 1. The lowest BCUT2D eigenvalue weighted by atomic mass is 9.98. The molecule has 6 heteroatoms. The first-order chi connectivity index (χ1) is 7.56. The molecule has 5 nitrogen and oxygen atoms in total. The number of aliphatic hydroxyl groups is 2. The number of carbonyl (C=O) groups is 2. The van der Waals surface area contributed by atoms with Crippen molar-refractivity contribution in [2.75, 3.05) is 18.1 Å². The molecule has 0 bridgehead atoms. The molecule has 0 amide bonds. The maximum Gasteiger partial charge on any atom is 0.307 e. The van der Waals surface area contributed by atoms with E-state index in [1.54, 1.807) is 0 Å². The van der Waals surface area contributed by atoms with Gasteiger partial charge in [0.1, 0.15) is 5.78 Å². The van der Waals surface area contributed by atoms with Gasteiger partial charge in [-0.2, -0.15) is 11.8 Å². The van der Waals surface area contributed by atoms with Crippen LogP contribution in [-0.4, -0.2) is 51.3 Å². The normalized spacial score (nSPS) is 27.0. The smallest absolute Gasteiger partial charge is 0.307 e. The molecular formula is C10H16O5S. The Labute approximate surface area is 97.8 Å². The van der Waals surface area contributed by atoms with E-state index < -0.39 is 23.9 Å². The van der Waals surface area contributed by atoms with Crippen molar-refractivity contribution in [2.45, 2.75) is 18.9 Å². The highest BCUT2D eigenvalue weighted by atomic mass is 32.2. The van der Waals surface area contributed by atoms with Gasteiger partial charge in [0, 0.05) is 23.8 Å². The molecule has 92 valence electrons. The number of carboxylic acids is 1. The van der Waals surface area contributed by atoms with Gasteiger partial charge < -0.3 is 15.3 Å². The summed E-state index contributed by atoms with van der Waals surface area (Å²) in [6.07, 6.45) is -0.0445. The highest BCUT2D eigenvalue weighted by Gasteiger charge is 2.38. The standard InChI is InChI=1S/C10H16O5S/c11-3-6(12)4-16-5-8-7(10(14)15)1-2-9(8)13/h6-8,11-12H,1-5H2,(H,14,15)/t6?,7-,8+/m1/s1. The molecular weight excluding hydrogens is 232 g/mol. The number of hydrogen-bond donors (Lipinski definition) is 3. The zero-order chi connectivity index (χ0) is 12.1. The molecule has 0 spiro atoms. The van der Waals surface area contributed by atoms with Crippen molar-refractivity contribution in [3.8, 4) is 0 Å². The Kier molecular flexibility index (Phi) is 5.24. The number of carboxylic acid groups (broad SMARTS) is 1. The maximum atomic E-state index is 11.4. The van der Waals surface area contributed by atoms with Crippen molar-refractivity contribution < 1.29 is 24.9 Å². The van der Waals surface area contributed by atoms with Crippen molar-refractivity contribution in [1.29, 1.82) is 0 Å². The number of rotatable bonds is 6. The average Bonchev–Trinajstić information content (AvgIpc) is 2.60. The van der Waals surface area contributed by atoms with Gasteiger partial charge >= 0.3 is 5.97 Å². The summed E-state index contributed by atoms with van der Waals surface area (Å²) in [6, 6.07) is 0. The topological polar surface area (TPSA) is 94.8 Å². The molecule has 0 aromatic carbocycles. The minimum Gasteiger partial charge on any atom is -0.481 e. The highest BCUT2D eigenvalue weighted by molar-refractivity contribution is 7.99. The van der Waals surface area contributed by atoms with Gasteiger partial charge in [0.2, 0.25) is 0 Å².